The summed E-state index contributed by atoms with van der Waals surface area (Å²) in [7, 11) is 0. The predicted molar refractivity (Wildman–Crippen MR) is 63.3 cm³/mol. The summed E-state index contributed by atoms with van der Waals surface area (Å²) in [6, 6.07) is 0. The van der Waals surface area contributed by atoms with Crippen LogP contribution in [0.25, 0.3) is 0 Å². The van der Waals surface area contributed by atoms with Crippen LogP contribution in [0, 0.1) is 11.8 Å². The maximum absolute atomic E-state index is 5.57. The van der Waals surface area contributed by atoms with Crippen molar-refractivity contribution < 1.29 is 0 Å². The van der Waals surface area contributed by atoms with Gasteiger partial charge in [0.15, 0.2) is 0 Å². The lowest BCUT2D eigenvalue weighted by molar-refractivity contribution is 0.373. The Kier molecular flexibility index (Phi) is 6.25. The third-order valence-corrected chi connectivity index (χ3v) is 3.50. The van der Waals surface area contributed by atoms with E-state index in [9.17, 15) is 0 Å². The zero-order valence-electron chi connectivity index (χ0n) is 9.80. The number of hydrogen-bond acceptors (Lipinski definition) is 1. The summed E-state index contributed by atoms with van der Waals surface area (Å²) in [5.41, 5.74) is 5.57. The van der Waals surface area contributed by atoms with Crippen molar-refractivity contribution in [1.29, 1.82) is 0 Å². The standard InChI is InChI=1S/C13H27N/c1-2-3-4-5-7-12(8-6-11-14)13-9-10-13/h12-13H,2-11,14H2,1H3. The van der Waals surface area contributed by atoms with Crippen molar-refractivity contribution in [2.45, 2.75) is 64.7 Å². The van der Waals surface area contributed by atoms with Crippen molar-refractivity contribution in [3.8, 4) is 0 Å². The zero-order chi connectivity index (χ0) is 10.2. The molecule has 0 bridgehead atoms. The molecule has 0 aliphatic heterocycles. The van der Waals surface area contributed by atoms with Crippen molar-refractivity contribution in [1.82, 2.24) is 0 Å². The monoisotopic (exact) mass is 197 g/mol. The second kappa shape index (κ2) is 7.28. The smallest absolute Gasteiger partial charge is 0.00772 e. The molecule has 1 saturated carbocycles. The Bertz CT molecular complexity index is 129. The lowest BCUT2D eigenvalue weighted by Gasteiger charge is -2.15. The van der Waals surface area contributed by atoms with E-state index in [1.165, 1.54) is 57.8 Å². The van der Waals surface area contributed by atoms with Crippen molar-refractivity contribution in [2.75, 3.05) is 6.54 Å². The average Bonchev–Trinajstić information content (AvgIpc) is 3.00. The van der Waals surface area contributed by atoms with Crippen LogP contribution in [0.3, 0.4) is 0 Å². The van der Waals surface area contributed by atoms with Gasteiger partial charge in [0, 0.05) is 0 Å². The van der Waals surface area contributed by atoms with Gasteiger partial charge in [0.25, 0.3) is 0 Å². The first kappa shape index (κ1) is 12.0. The molecule has 0 amide bonds. The first-order valence-electron chi connectivity index (χ1n) is 6.58. The largest absolute Gasteiger partial charge is 0.330 e. The average molecular weight is 197 g/mol. The van der Waals surface area contributed by atoms with Gasteiger partial charge in [-0.2, -0.15) is 0 Å². The summed E-state index contributed by atoms with van der Waals surface area (Å²) >= 11 is 0. The molecule has 0 spiro atoms. The number of unbranched alkanes of at least 4 members (excludes halogenated alkanes) is 3. The van der Waals surface area contributed by atoms with Crippen LogP contribution in [-0.4, -0.2) is 6.54 Å². The van der Waals surface area contributed by atoms with Crippen LogP contribution in [0.2, 0.25) is 0 Å². The van der Waals surface area contributed by atoms with E-state index < -0.39 is 0 Å². The van der Waals surface area contributed by atoms with E-state index in [0.29, 0.717) is 0 Å². The van der Waals surface area contributed by atoms with Gasteiger partial charge in [-0.05, 0) is 44.1 Å². The van der Waals surface area contributed by atoms with E-state index in [1.807, 2.05) is 0 Å². The van der Waals surface area contributed by atoms with Crippen molar-refractivity contribution in [3.63, 3.8) is 0 Å². The van der Waals surface area contributed by atoms with Crippen LogP contribution in [0.4, 0.5) is 0 Å². The van der Waals surface area contributed by atoms with Crippen LogP contribution in [0.1, 0.15) is 64.7 Å². The molecule has 1 nitrogen and oxygen atoms in total. The Morgan fingerprint density at radius 2 is 1.79 bits per heavy atom. The highest BCUT2D eigenvalue weighted by atomic mass is 14.5. The molecule has 1 aliphatic carbocycles. The highest BCUT2D eigenvalue weighted by molar-refractivity contribution is 4.81. The molecule has 1 heteroatoms. The second-order valence-corrected chi connectivity index (χ2v) is 4.88. The second-order valence-electron chi connectivity index (χ2n) is 4.88. The summed E-state index contributed by atoms with van der Waals surface area (Å²) < 4.78 is 0. The van der Waals surface area contributed by atoms with Crippen LogP contribution in [0.5, 0.6) is 0 Å². The molecule has 1 fully saturated rings. The van der Waals surface area contributed by atoms with Crippen molar-refractivity contribution in [2.24, 2.45) is 17.6 Å². The molecule has 84 valence electrons. The number of hydrogen-bond donors (Lipinski definition) is 1. The fourth-order valence-corrected chi connectivity index (χ4v) is 2.40. The van der Waals surface area contributed by atoms with E-state index in [2.05, 4.69) is 6.92 Å². The topological polar surface area (TPSA) is 26.0 Å². The molecule has 0 aromatic rings. The fourth-order valence-electron chi connectivity index (χ4n) is 2.40. The molecule has 1 rings (SSSR count). The minimum Gasteiger partial charge on any atom is -0.330 e. The SMILES string of the molecule is CCCCCCC(CCCN)C1CC1. The quantitative estimate of drug-likeness (QED) is 0.560. The summed E-state index contributed by atoms with van der Waals surface area (Å²) in [4.78, 5) is 0. The molecule has 0 aromatic carbocycles. The highest BCUT2D eigenvalue weighted by Gasteiger charge is 2.29. The highest BCUT2D eigenvalue weighted by Crippen LogP contribution is 2.41. The molecular formula is C13H27N. The van der Waals surface area contributed by atoms with Crippen LogP contribution in [0.15, 0.2) is 0 Å². The first-order valence-corrected chi connectivity index (χ1v) is 6.58. The molecule has 1 atom stereocenters. The van der Waals surface area contributed by atoms with Crippen molar-refractivity contribution >= 4 is 0 Å². The molecule has 0 heterocycles. The molecule has 0 saturated heterocycles. The Morgan fingerprint density at radius 3 is 2.36 bits per heavy atom. The van der Waals surface area contributed by atoms with E-state index in [0.717, 1.165) is 18.4 Å². The lowest BCUT2D eigenvalue weighted by Crippen LogP contribution is -2.07. The van der Waals surface area contributed by atoms with Crippen molar-refractivity contribution in [3.05, 3.63) is 0 Å². The Hall–Kier alpha value is -0.0400. The van der Waals surface area contributed by atoms with Gasteiger partial charge in [0.1, 0.15) is 0 Å². The normalized spacial score (nSPS) is 18.4. The number of rotatable bonds is 9. The summed E-state index contributed by atoms with van der Waals surface area (Å²) in [6.07, 6.45) is 12.8. The summed E-state index contributed by atoms with van der Waals surface area (Å²) in [5.74, 6) is 2.11. The van der Waals surface area contributed by atoms with Gasteiger partial charge in [-0.3, -0.25) is 0 Å². The van der Waals surface area contributed by atoms with Gasteiger partial charge in [-0.15, -0.1) is 0 Å². The zero-order valence-corrected chi connectivity index (χ0v) is 9.80. The number of nitrogens with two attached hydrogens (primary N) is 1. The van der Waals surface area contributed by atoms with Gasteiger partial charge in [-0.1, -0.05) is 39.0 Å². The van der Waals surface area contributed by atoms with Gasteiger partial charge in [0.2, 0.25) is 0 Å². The molecule has 14 heavy (non-hydrogen) atoms. The van der Waals surface area contributed by atoms with Gasteiger partial charge in [-0.25, -0.2) is 0 Å². The molecule has 2 N–H and O–H groups in total. The van der Waals surface area contributed by atoms with E-state index in [1.54, 1.807) is 0 Å². The van der Waals surface area contributed by atoms with Crippen LogP contribution >= 0.6 is 0 Å². The third-order valence-electron chi connectivity index (χ3n) is 3.50. The third kappa shape index (κ3) is 4.99. The van der Waals surface area contributed by atoms with E-state index in [4.69, 9.17) is 5.73 Å². The molecular weight excluding hydrogens is 170 g/mol. The van der Waals surface area contributed by atoms with Gasteiger partial charge in [0.05, 0.1) is 0 Å². The first-order chi connectivity index (χ1) is 6.88. The summed E-state index contributed by atoms with van der Waals surface area (Å²) in [6.45, 7) is 3.17. The lowest BCUT2D eigenvalue weighted by atomic mass is 9.91. The maximum atomic E-state index is 5.57. The van der Waals surface area contributed by atoms with Crippen LogP contribution < -0.4 is 5.73 Å². The van der Waals surface area contributed by atoms with E-state index in [-0.39, 0.29) is 0 Å². The van der Waals surface area contributed by atoms with Crippen LogP contribution in [-0.2, 0) is 0 Å². The summed E-state index contributed by atoms with van der Waals surface area (Å²) in [5, 5.41) is 0. The molecule has 0 radical (unpaired) electrons. The Morgan fingerprint density at radius 1 is 1.07 bits per heavy atom. The van der Waals surface area contributed by atoms with Gasteiger partial charge < -0.3 is 5.73 Å². The minimum atomic E-state index is 0.887. The Balaban J connectivity index is 2.02. The Labute approximate surface area is 89.5 Å². The molecule has 0 aromatic heterocycles. The fraction of sp³-hybridized carbons (Fsp3) is 1.00. The maximum Gasteiger partial charge on any atom is -0.00772 e. The molecule has 1 unspecified atom stereocenters. The van der Waals surface area contributed by atoms with E-state index >= 15 is 0 Å². The predicted octanol–water partition coefficient (Wildman–Crippen LogP) is 3.72. The van der Waals surface area contributed by atoms with Gasteiger partial charge >= 0.3 is 0 Å². The molecule has 1 aliphatic rings. The minimum absolute atomic E-state index is 0.887.